The normalized spacial score (nSPS) is 24.0. The molecule has 2 N–H and O–H groups in total. The fourth-order valence-electron chi connectivity index (χ4n) is 3.49. The van der Waals surface area contributed by atoms with Gasteiger partial charge in [0.25, 0.3) is 0 Å². The molecule has 7 heteroatoms. The minimum Gasteiger partial charge on any atom is -0.383 e. The third kappa shape index (κ3) is 6.35. The van der Waals surface area contributed by atoms with Crippen molar-refractivity contribution in [2.45, 2.75) is 37.3 Å². The van der Waals surface area contributed by atoms with Crippen LogP contribution >= 0.6 is 39.9 Å². The number of guanidine groups is 1. The molecule has 1 aliphatic carbocycles. The number of hydrogen-bond acceptors (Lipinski definition) is 3. The molecule has 0 spiro atoms. The van der Waals surface area contributed by atoms with E-state index in [0.29, 0.717) is 18.0 Å². The second kappa shape index (κ2) is 10.8. The zero-order valence-electron chi connectivity index (χ0n) is 15.6. The maximum atomic E-state index is 5.17. The Morgan fingerprint density at radius 3 is 2.54 bits per heavy atom. The summed E-state index contributed by atoms with van der Waals surface area (Å²) in [5.74, 6) is 1.54. The summed E-state index contributed by atoms with van der Waals surface area (Å²) in [6.07, 6.45) is 3.49. The number of benzene rings is 1. The molecule has 2 fully saturated rings. The van der Waals surface area contributed by atoms with Crippen molar-refractivity contribution < 1.29 is 4.74 Å². The predicted octanol–water partition coefficient (Wildman–Crippen LogP) is 3.20. The standard InChI is InChI=1S/C19H29BrN4O.HI/c1-21-19(22-16-7-9-24(10-8-16)11-12-25-2)23-18-13-17(18)14-3-5-15(20)6-4-14;/h3-6,16-18H,7-13H2,1-2H3,(H2,21,22,23);1H. The minimum absolute atomic E-state index is 0. The van der Waals surface area contributed by atoms with Crippen LogP contribution in [-0.2, 0) is 4.74 Å². The smallest absolute Gasteiger partial charge is 0.191 e. The molecule has 1 saturated carbocycles. The summed E-state index contributed by atoms with van der Waals surface area (Å²) in [6, 6.07) is 9.67. The van der Waals surface area contributed by atoms with Gasteiger partial charge < -0.3 is 20.3 Å². The Labute approximate surface area is 182 Å². The van der Waals surface area contributed by atoms with Crippen LogP contribution in [0, 0.1) is 0 Å². The van der Waals surface area contributed by atoms with Crippen molar-refractivity contribution in [3.05, 3.63) is 34.3 Å². The fraction of sp³-hybridized carbons (Fsp3) is 0.632. The molecule has 1 saturated heterocycles. The van der Waals surface area contributed by atoms with Crippen LogP contribution in [0.15, 0.2) is 33.7 Å². The highest BCUT2D eigenvalue weighted by atomic mass is 127. The zero-order valence-corrected chi connectivity index (χ0v) is 19.5. The number of nitrogens with zero attached hydrogens (tertiary/aromatic N) is 2. The Balaban J connectivity index is 0.00000243. The van der Waals surface area contributed by atoms with Gasteiger partial charge >= 0.3 is 0 Å². The first-order chi connectivity index (χ1) is 12.2. The van der Waals surface area contributed by atoms with Crippen molar-refractivity contribution in [1.82, 2.24) is 15.5 Å². The van der Waals surface area contributed by atoms with Crippen molar-refractivity contribution in [1.29, 1.82) is 0 Å². The van der Waals surface area contributed by atoms with E-state index >= 15 is 0 Å². The third-order valence-electron chi connectivity index (χ3n) is 5.17. The maximum absolute atomic E-state index is 5.17. The summed E-state index contributed by atoms with van der Waals surface area (Å²) in [5.41, 5.74) is 1.41. The highest BCUT2D eigenvalue weighted by Crippen LogP contribution is 2.41. The summed E-state index contributed by atoms with van der Waals surface area (Å²) >= 11 is 3.50. The van der Waals surface area contributed by atoms with E-state index < -0.39 is 0 Å². The summed E-state index contributed by atoms with van der Waals surface area (Å²) in [7, 11) is 3.63. The number of methoxy groups -OCH3 is 1. The number of ether oxygens (including phenoxy) is 1. The molecular formula is C19H30BrIN4O. The van der Waals surface area contributed by atoms with Crippen molar-refractivity contribution >= 4 is 45.9 Å². The van der Waals surface area contributed by atoms with Gasteiger partial charge in [-0.1, -0.05) is 28.1 Å². The lowest BCUT2D eigenvalue weighted by atomic mass is 10.1. The summed E-state index contributed by atoms with van der Waals surface area (Å²) < 4.78 is 6.30. The van der Waals surface area contributed by atoms with Crippen LogP contribution in [0.1, 0.15) is 30.7 Å². The molecule has 146 valence electrons. The lowest BCUT2D eigenvalue weighted by Crippen LogP contribution is -2.49. The number of hydrogen-bond donors (Lipinski definition) is 2. The number of likely N-dealkylation sites (tertiary alicyclic amines) is 1. The molecule has 2 atom stereocenters. The maximum Gasteiger partial charge on any atom is 0.191 e. The number of halogens is 2. The number of piperidine rings is 1. The highest BCUT2D eigenvalue weighted by Gasteiger charge is 2.39. The first-order valence-electron chi connectivity index (χ1n) is 9.16. The van der Waals surface area contributed by atoms with Crippen molar-refractivity contribution in [3.63, 3.8) is 0 Å². The van der Waals surface area contributed by atoms with Gasteiger partial charge in [0.2, 0.25) is 0 Å². The molecular weight excluding hydrogens is 507 g/mol. The highest BCUT2D eigenvalue weighted by molar-refractivity contribution is 14.0. The van der Waals surface area contributed by atoms with Gasteiger partial charge in [-0.05, 0) is 37.0 Å². The van der Waals surface area contributed by atoms with Crippen molar-refractivity contribution in [2.24, 2.45) is 4.99 Å². The third-order valence-corrected chi connectivity index (χ3v) is 5.70. The molecule has 0 bridgehead atoms. The van der Waals surface area contributed by atoms with Gasteiger partial charge in [0.05, 0.1) is 6.61 Å². The van der Waals surface area contributed by atoms with Gasteiger partial charge in [0.1, 0.15) is 0 Å². The monoisotopic (exact) mass is 536 g/mol. The molecule has 1 aromatic rings. The van der Waals surface area contributed by atoms with Gasteiger partial charge in [0.15, 0.2) is 5.96 Å². The Kier molecular flexibility index (Phi) is 9.12. The van der Waals surface area contributed by atoms with Crippen LogP contribution in [0.5, 0.6) is 0 Å². The first-order valence-corrected chi connectivity index (χ1v) is 9.95. The van der Waals surface area contributed by atoms with Gasteiger partial charge in [-0.15, -0.1) is 24.0 Å². The molecule has 0 radical (unpaired) electrons. The van der Waals surface area contributed by atoms with Crippen LogP contribution in [0.25, 0.3) is 0 Å². The largest absolute Gasteiger partial charge is 0.383 e. The Hall–Kier alpha value is -0.380. The molecule has 1 heterocycles. The molecule has 1 aliphatic heterocycles. The van der Waals surface area contributed by atoms with Crippen LogP contribution < -0.4 is 10.6 Å². The van der Waals surface area contributed by atoms with Crippen molar-refractivity contribution in [2.75, 3.05) is 40.4 Å². The van der Waals surface area contributed by atoms with Crippen LogP contribution in [0.2, 0.25) is 0 Å². The van der Waals surface area contributed by atoms with Gasteiger partial charge in [-0.2, -0.15) is 0 Å². The van der Waals surface area contributed by atoms with E-state index in [9.17, 15) is 0 Å². The molecule has 2 aliphatic rings. The molecule has 5 nitrogen and oxygen atoms in total. The van der Waals surface area contributed by atoms with Crippen molar-refractivity contribution in [3.8, 4) is 0 Å². The van der Waals surface area contributed by atoms with Gasteiger partial charge in [-0.3, -0.25) is 4.99 Å². The van der Waals surface area contributed by atoms with Crippen LogP contribution in [-0.4, -0.2) is 63.3 Å². The molecule has 0 amide bonds. The van der Waals surface area contributed by atoms with E-state index in [1.54, 1.807) is 7.11 Å². The van der Waals surface area contributed by atoms with Gasteiger partial charge in [-0.25, -0.2) is 0 Å². The molecule has 0 aromatic heterocycles. The van der Waals surface area contributed by atoms with E-state index in [4.69, 9.17) is 4.74 Å². The van der Waals surface area contributed by atoms with E-state index in [1.807, 2.05) is 7.05 Å². The van der Waals surface area contributed by atoms with E-state index in [2.05, 4.69) is 60.7 Å². The second-order valence-corrected chi connectivity index (χ2v) is 7.89. The number of rotatable bonds is 6. The Morgan fingerprint density at radius 1 is 1.23 bits per heavy atom. The summed E-state index contributed by atoms with van der Waals surface area (Å²) in [4.78, 5) is 6.90. The Bertz CT molecular complexity index is 575. The SMILES string of the molecule is CN=C(NC1CCN(CCOC)CC1)NC1CC1c1ccc(Br)cc1.I. The van der Waals surface area contributed by atoms with E-state index in [0.717, 1.165) is 49.5 Å². The fourth-order valence-corrected chi connectivity index (χ4v) is 3.76. The van der Waals surface area contributed by atoms with Crippen LogP contribution in [0.3, 0.4) is 0 Å². The average molecular weight is 537 g/mol. The van der Waals surface area contributed by atoms with Gasteiger partial charge in [0, 0.05) is 56.3 Å². The van der Waals surface area contributed by atoms with Crippen LogP contribution in [0.4, 0.5) is 0 Å². The molecule has 3 rings (SSSR count). The second-order valence-electron chi connectivity index (χ2n) is 6.97. The Morgan fingerprint density at radius 2 is 1.92 bits per heavy atom. The number of aliphatic imine (C=N–C) groups is 1. The zero-order chi connectivity index (χ0) is 17.6. The molecule has 2 unspecified atom stereocenters. The van der Waals surface area contributed by atoms with E-state index in [1.165, 1.54) is 12.0 Å². The average Bonchev–Trinajstić information content (AvgIpc) is 3.40. The minimum atomic E-state index is 0. The topological polar surface area (TPSA) is 48.9 Å². The summed E-state index contributed by atoms with van der Waals surface area (Å²) in [6.45, 7) is 4.11. The summed E-state index contributed by atoms with van der Waals surface area (Å²) in [5, 5.41) is 7.20. The predicted molar refractivity (Wildman–Crippen MR) is 122 cm³/mol. The molecule has 26 heavy (non-hydrogen) atoms. The number of nitrogens with one attached hydrogen (secondary N) is 2. The molecule has 1 aromatic carbocycles. The lowest BCUT2D eigenvalue weighted by molar-refractivity contribution is 0.128. The first kappa shape index (κ1) is 21.9. The van der Waals surface area contributed by atoms with E-state index in [-0.39, 0.29) is 24.0 Å². The quantitative estimate of drug-likeness (QED) is 0.333. The lowest BCUT2D eigenvalue weighted by Gasteiger charge is -2.32.